The summed E-state index contributed by atoms with van der Waals surface area (Å²) in [5.41, 5.74) is 4.75. The number of amides is 2. The molecule has 2 atom stereocenters. The number of alkyl carbamates (subject to hydrolysis) is 1. The number of rotatable bonds is 13. The van der Waals surface area contributed by atoms with Crippen molar-refractivity contribution in [2.45, 2.75) is 63.5 Å². The van der Waals surface area contributed by atoms with Gasteiger partial charge in [-0.05, 0) is 42.0 Å². The minimum Gasteiger partial charge on any atom is -0.480 e. The lowest BCUT2D eigenvalue weighted by molar-refractivity contribution is -0.144. The highest BCUT2D eigenvalue weighted by Crippen LogP contribution is 2.44. The summed E-state index contributed by atoms with van der Waals surface area (Å²) in [6.45, 7) is 2.14. The molecule has 0 aromatic heterocycles. The Morgan fingerprint density at radius 3 is 2.09 bits per heavy atom. The van der Waals surface area contributed by atoms with Crippen molar-refractivity contribution >= 4 is 18.0 Å². The van der Waals surface area contributed by atoms with Gasteiger partial charge in [-0.1, -0.05) is 67.8 Å². The molecule has 0 bridgehead atoms. The van der Waals surface area contributed by atoms with Gasteiger partial charge in [0.25, 0.3) is 0 Å². The molecule has 188 valence electrons. The van der Waals surface area contributed by atoms with Crippen LogP contribution in [0.15, 0.2) is 48.5 Å². The van der Waals surface area contributed by atoms with Crippen molar-refractivity contribution in [3.63, 3.8) is 0 Å². The second-order valence-electron chi connectivity index (χ2n) is 8.89. The summed E-state index contributed by atoms with van der Waals surface area (Å²) in [7, 11) is 0. The molecule has 0 aliphatic heterocycles. The van der Waals surface area contributed by atoms with Crippen LogP contribution in [0.2, 0.25) is 0 Å². The predicted octanol–water partition coefficient (Wildman–Crippen LogP) is 3.82. The molecule has 0 radical (unpaired) electrons. The van der Waals surface area contributed by atoms with E-state index in [4.69, 9.17) is 9.84 Å². The minimum atomic E-state index is -1.29. The summed E-state index contributed by atoms with van der Waals surface area (Å²) in [6, 6.07) is 15.1. The van der Waals surface area contributed by atoms with Gasteiger partial charge in [0.2, 0.25) is 5.91 Å². The van der Waals surface area contributed by atoms with E-state index in [9.17, 15) is 19.5 Å². The molecule has 1 aliphatic rings. The third kappa shape index (κ3) is 7.29. The van der Waals surface area contributed by atoms with Gasteiger partial charge >= 0.3 is 12.1 Å². The van der Waals surface area contributed by atoms with Crippen LogP contribution >= 0.6 is 0 Å². The van der Waals surface area contributed by atoms with Crippen LogP contribution in [0.3, 0.4) is 0 Å². The number of hydrogen-bond donors (Lipinski definition) is 4. The zero-order valence-electron chi connectivity index (χ0n) is 20.0. The lowest BCUT2D eigenvalue weighted by Gasteiger charge is -2.16. The summed E-state index contributed by atoms with van der Waals surface area (Å²) >= 11 is 0. The van der Waals surface area contributed by atoms with Gasteiger partial charge in [-0.15, -0.1) is 0 Å². The molecule has 2 amide bonds. The van der Waals surface area contributed by atoms with Gasteiger partial charge in [0.1, 0.15) is 6.61 Å². The van der Waals surface area contributed by atoms with Crippen molar-refractivity contribution in [2.75, 3.05) is 13.2 Å². The van der Waals surface area contributed by atoms with Crippen LogP contribution in [0, 0.1) is 0 Å². The van der Waals surface area contributed by atoms with Crippen LogP contribution in [0.25, 0.3) is 11.1 Å². The van der Waals surface area contributed by atoms with Gasteiger partial charge in [-0.2, -0.15) is 0 Å². The fraction of sp³-hybridized carbons (Fsp3) is 0.444. The third-order valence-electron chi connectivity index (χ3n) is 6.26. The molecule has 8 nitrogen and oxygen atoms in total. The van der Waals surface area contributed by atoms with Crippen LogP contribution in [0.5, 0.6) is 0 Å². The Balaban J connectivity index is 1.27. The molecule has 0 heterocycles. The maximum absolute atomic E-state index is 12.2. The van der Waals surface area contributed by atoms with E-state index in [1.54, 1.807) is 0 Å². The summed E-state index contributed by atoms with van der Waals surface area (Å²) in [4.78, 5) is 35.0. The Hall–Kier alpha value is -3.39. The fourth-order valence-corrected chi connectivity index (χ4v) is 4.42. The van der Waals surface area contributed by atoms with Crippen molar-refractivity contribution in [3.05, 3.63) is 59.7 Å². The number of benzene rings is 2. The molecule has 8 heteroatoms. The van der Waals surface area contributed by atoms with E-state index in [0.29, 0.717) is 19.6 Å². The normalized spacial score (nSPS) is 13.9. The molecule has 3 rings (SSSR count). The number of aliphatic carboxylic acids is 1. The molecular weight excluding hydrogens is 448 g/mol. The smallest absolute Gasteiger partial charge is 0.407 e. The molecule has 0 saturated heterocycles. The monoisotopic (exact) mass is 482 g/mol. The number of carboxylic acid groups (broad SMARTS) is 1. The average Bonchev–Trinajstić information content (AvgIpc) is 3.16. The number of carbonyl (C=O) groups is 3. The summed E-state index contributed by atoms with van der Waals surface area (Å²) in [5, 5.41) is 23.5. The van der Waals surface area contributed by atoms with Crippen LogP contribution < -0.4 is 10.6 Å². The first-order valence-electron chi connectivity index (χ1n) is 12.2. The molecule has 35 heavy (non-hydrogen) atoms. The highest BCUT2D eigenvalue weighted by molar-refractivity contribution is 5.84. The number of ether oxygens (including phenoxy) is 1. The van der Waals surface area contributed by atoms with E-state index in [1.165, 1.54) is 29.2 Å². The SMILES string of the molecule is CC(O)C(NC(=O)CCCCCCCNC(=O)OCC1c2ccccc2-c2ccccc21)C(=O)O. The Morgan fingerprint density at radius 1 is 0.914 bits per heavy atom. The van der Waals surface area contributed by atoms with Crippen molar-refractivity contribution in [2.24, 2.45) is 0 Å². The van der Waals surface area contributed by atoms with E-state index < -0.39 is 24.2 Å². The molecule has 0 spiro atoms. The highest BCUT2D eigenvalue weighted by atomic mass is 16.5. The van der Waals surface area contributed by atoms with E-state index in [1.807, 2.05) is 24.3 Å². The first kappa shape index (κ1) is 26.2. The number of fused-ring (bicyclic) bond motifs is 3. The van der Waals surface area contributed by atoms with Gasteiger partial charge in [0, 0.05) is 18.9 Å². The van der Waals surface area contributed by atoms with E-state index in [2.05, 4.69) is 34.9 Å². The van der Waals surface area contributed by atoms with Crippen LogP contribution in [-0.2, 0) is 14.3 Å². The lowest BCUT2D eigenvalue weighted by Crippen LogP contribution is -2.47. The number of hydrogen-bond acceptors (Lipinski definition) is 5. The predicted molar refractivity (Wildman–Crippen MR) is 132 cm³/mol. The second kappa shape index (κ2) is 12.9. The molecular formula is C27H34N2O6. The van der Waals surface area contributed by atoms with Crippen molar-refractivity contribution in [1.82, 2.24) is 10.6 Å². The van der Waals surface area contributed by atoms with E-state index in [0.717, 1.165) is 25.7 Å². The molecule has 0 saturated carbocycles. The Bertz CT molecular complexity index is 977. The maximum atomic E-state index is 12.2. The quantitative estimate of drug-likeness (QED) is 0.322. The summed E-state index contributed by atoms with van der Waals surface area (Å²) in [6.07, 6.45) is 2.71. The van der Waals surface area contributed by atoms with Gasteiger partial charge in [-0.25, -0.2) is 9.59 Å². The maximum Gasteiger partial charge on any atom is 0.407 e. The molecule has 2 aromatic carbocycles. The molecule has 4 N–H and O–H groups in total. The van der Waals surface area contributed by atoms with E-state index >= 15 is 0 Å². The van der Waals surface area contributed by atoms with Gasteiger partial charge < -0.3 is 25.6 Å². The summed E-state index contributed by atoms with van der Waals surface area (Å²) < 4.78 is 5.52. The van der Waals surface area contributed by atoms with E-state index in [-0.39, 0.29) is 18.2 Å². The average molecular weight is 483 g/mol. The summed E-state index contributed by atoms with van der Waals surface area (Å²) in [5.74, 6) is -1.59. The number of carbonyl (C=O) groups excluding carboxylic acids is 2. The van der Waals surface area contributed by atoms with Gasteiger partial charge in [0.15, 0.2) is 6.04 Å². The number of aliphatic hydroxyl groups is 1. The molecule has 0 fully saturated rings. The van der Waals surface area contributed by atoms with Crippen LogP contribution in [-0.4, -0.2) is 53.5 Å². The Morgan fingerprint density at radius 2 is 1.49 bits per heavy atom. The first-order valence-corrected chi connectivity index (χ1v) is 12.2. The highest BCUT2D eigenvalue weighted by Gasteiger charge is 2.29. The number of nitrogens with one attached hydrogen (secondary N) is 2. The lowest BCUT2D eigenvalue weighted by atomic mass is 9.98. The molecule has 2 aromatic rings. The van der Waals surface area contributed by atoms with Crippen molar-refractivity contribution in [3.8, 4) is 11.1 Å². The number of aliphatic hydroxyl groups excluding tert-OH is 1. The fourth-order valence-electron chi connectivity index (χ4n) is 4.42. The number of unbranched alkanes of at least 4 members (excludes halogenated alkanes) is 4. The first-order chi connectivity index (χ1) is 16.9. The Labute approximate surface area is 205 Å². The minimum absolute atomic E-state index is 0.0386. The molecule has 1 aliphatic carbocycles. The molecule has 2 unspecified atom stereocenters. The third-order valence-corrected chi connectivity index (χ3v) is 6.26. The zero-order chi connectivity index (χ0) is 25.2. The van der Waals surface area contributed by atoms with Gasteiger partial charge in [0.05, 0.1) is 6.10 Å². The van der Waals surface area contributed by atoms with Crippen LogP contribution in [0.4, 0.5) is 4.79 Å². The van der Waals surface area contributed by atoms with Crippen LogP contribution in [0.1, 0.15) is 62.5 Å². The van der Waals surface area contributed by atoms with Gasteiger partial charge in [-0.3, -0.25) is 4.79 Å². The van der Waals surface area contributed by atoms with Crippen molar-refractivity contribution < 1.29 is 29.3 Å². The Kier molecular flexibility index (Phi) is 9.66. The largest absolute Gasteiger partial charge is 0.480 e. The second-order valence-corrected chi connectivity index (χ2v) is 8.89. The topological polar surface area (TPSA) is 125 Å². The number of carboxylic acids is 1. The standard InChI is InChI=1S/C27H34N2O6/c1-18(30)25(26(32)33)29-24(31)15-5-3-2-4-10-16-28-27(34)35-17-23-21-13-8-6-11-19(21)20-12-7-9-14-22(20)23/h6-9,11-14,18,23,25,30H,2-5,10,15-17H2,1H3,(H,28,34)(H,29,31)(H,32,33). The van der Waals surface area contributed by atoms with Crippen molar-refractivity contribution in [1.29, 1.82) is 0 Å². The zero-order valence-corrected chi connectivity index (χ0v) is 20.0.